The monoisotopic (exact) mass is 306 g/mol. The molecule has 0 atom stereocenters. The Bertz CT molecular complexity index is 824. The normalized spacial score (nSPS) is 11.2. The predicted octanol–water partition coefficient (Wildman–Crippen LogP) is 3.93. The van der Waals surface area contributed by atoms with Gasteiger partial charge in [-0.1, -0.05) is 29.3 Å². The zero-order chi connectivity index (χ0) is 14.4. The molecule has 102 valence electrons. The minimum Gasteiger partial charge on any atom is -0.383 e. The summed E-state index contributed by atoms with van der Waals surface area (Å²) in [6.07, 6.45) is 1.45. The number of fused-ring (bicyclic) bond motifs is 1. The molecule has 3 aromatic rings. The van der Waals surface area contributed by atoms with E-state index >= 15 is 0 Å². The smallest absolute Gasteiger partial charge is 0.150 e. The summed E-state index contributed by atoms with van der Waals surface area (Å²) in [5.74, 6) is 0.465. The second kappa shape index (κ2) is 4.65. The van der Waals surface area contributed by atoms with Crippen molar-refractivity contribution in [2.45, 2.75) is 13.8 Å². The summed E-state index contributed by atoms with van der Waals surface area (Å²) in [5, 5.41) is 1.84. The van der Waals surface area contributed by atoms with Gasteiger partial charge in [-0.05, 0) is 31.5 Å². The van der Waals surface area contributed by atoms with Crippen LogP contribution in [0.15, 0.2) is 24.5 Å². The van der Waals surface area contributed by atoms with Gasteiger partial charge in [0, 0.05) is 5.69 Å². The number of rotatable bonds is 1. The van der Waals surface area contributed by atoms with Crippen molar-refractivity contribution in [1.82, 2.24) is 14.5 Å². The van der Waals surface area contributed by atoms with E-state index in [4.69, 9.17) is 28.9 Å². The van der Waals surface area contributed by atoms with Crippen molar-refractivity contribution in [3.8, 4) is 5.69 Å². The van der Waals surface area contributed by atoms with Gasteiger partial charge in [0.25, 0.3) is 0 Å². The third kappa shape index (κ3) is 1.76. The molecule has 3 rings (SSSR count). The maximum Gasteiger partial charge on any atom is 0.150 e. The first-order valence-electron chi connectivity index (χ1n) is 6.05. The van der Waals surface area contributed by atoms with E-state index in [2.05, 4.69) is 9.97 Å². The van der Waals surface area contributed by atoms with Crippen LogP contribution in [0, 0.1) is 13.8 Å². The van der Waals surface area contributed by atoms with Gasteiger partial charge in [-0.2, -0.15) is 0 Å². The lowest BCUT2D eigenvalue weighted by Gasteiger charge is -2.10. The van der Waals surface area contributed by atoms with E-state index in [0.29, 0.717) is 15.9 Å². The Morgan fingerprint density at radius 2 is 1.90 bits per heavy atom. The predicted molar refractivity (Wildman–Crippen MR) is 82.8 cm³/mol. The summed E-state index contributed by atoms with van der Waals surface area (Å²) in [5.41, 5.74) is 9.53. The van der Waals surface area contributed by atoms with Crippen molar-refractivity contribution in [1.29, 1.82) is 0 Å². The van der Waals surface area contributed by atoms with Crippen molar-refractivity contribution in [3.63, 3.8) is 0 Å². The second-order valence-electron chi connectivity index (χ2n) is 4.58. The maximum absolute atomic E-state index is 6.32. The van der Waals surface area contributed by atoms with Crippen molar-refractivity contribution in [3.05, 3.63) is 45.8 Å². The lowest BCUT2D eigenvalue weighted by atomic mass is 10.2. The molecule has 1 aromatic carbocycles. The van der Waals surface area contributed by atoms with Crippen LogP contribution < -0.4 is 5.73 Å². The van der Waals surface area contributed by atoms with Crippen molar-refractivity contribution in [2.75, 3.05) is 5.73 Å². The zero-order valence-corrected chi connectivity index (χ0v) is 12.5. The molecule has 0 aliphatic rings. The summed E-state index contributed by atoms with van der Waals surface area (Å²) in [4.78, 5) is 8.39. The third-order valence-corrected chi connectivity index (χ3v) is 4.30. The number of halogens is 2. The fourth-order valence-corrected chi connectivity index (χ4v) is 2.77. The van der Waals surface area contributed by atoms with E-state index in [1.54, 1.807) is 6.07 Å². The van der Waals surface area contributed by atoms with E-state index < -0.39 is 0 Å². The number of anilines is 1. The van der Waals surface area contributed by atoms with Gasteiger partial charge in [0.05, 0.1) is 21.1 Å². The summed E-state index contributed by atoms with van der Waals surface area (Å²) in [6, 6.07) is 5.51. The fraction of sp³-hybridized carbons (Fsp3) is 0.143. The number of benzene rings is 1. The first-order valence-corrected chi connectivity index (χ1v) is 6.80. The zero-order valence-electron chi connectivity index (χ0n) is 11.0. The average Bonchev–Trinajstić information content (AvgIpc) is 2.67. The van der Waals surface area contributed by atoms with E-state index in [1.165, 1.54) is 6.33 Å². The fourth-order valence-electron chi connectivity index (χ4n) is 2.39. The summed E-state index contributed by atoms with van der Waals surface area (Å²) in [7, 11) is 0. The molecule has 2 N–H and O–H groups in total. The Hall–Kier alpha value is -1.78. The van der Waals surface area contributed by atoms with Crippen LogP contribution in [-0.4, -0.2) is 14.5 Å². The first kappa shape index (κ1) is 13.2. The molecule has 0 amide bonds. The Labute approximate surface area is 126 Å². The Balaban J connectivity index is 2.46. The molecule has 0 unspecified atom stereocenters. The number of aryl methyl sites for hydroxylation is 1. The van der Waals surface area contributed by atoms with Gasteiger partial charge < -0.3 is 5.73 Å². The van der Waals surface area contributed by atoms with Gasteiger partial charge in [-0.25, -0.2) is 9.97 Å². The summed E-state index contributed by atoms with van der Waals surface area (Å²) >= 11 is 12.4. The standard InChI is InChI=1S/C14H12Cl2N4/c1-7-8(2)20(10-5-3-4-9(15)12(10)16)14-11(7)13(17)18-6-19-14/h3-6H,1-2H3,(H2,17,18,19). The lowest BCUT2D eigenvalue weighted by molar-refractivity contribution is 1.01. The average molecular weight is 307 g/mol. The van der Waals surface area contributed by atoms with Gasteiger partial charge in [-0.15, -0.1) is 0 Å². The molecule has 0 saturated heterocycles. The van der Waals surface area contributed by atoms with Crippen LogP contribution in [0.4, 0.5) is 5.82 Å². The van der Waals surface area contributed by atoms with Gasteiger partial charge in [0.1, 0.15) is 12.1 Å². The van der Waals surface area contributed by atoms with Gasteiger partial charge in [0.2, 0.25) is 0 Å². The van der Waals surface area contributed by atoms with Crippen LogP contribution in [0.1, 0.15) is 11.3 Å². The quantitative estimate of drug-likeness (QED) is 0.741. The summed E-state index contributed by atoms with van der Waals surface area (Å²) in [6.45, 7) is 3.99. The van der Waals surface area contributed by atoms with Crippen LogP contribution in [0.25, 0.3) is 16.7 Å². The molecule has 6 heteroatoms. The van der Waals surface area contributed by atoms with Gasteiger partial charge >= 0.3 is 0 Å². The molecule has 0 aliphatic carbocycles. The molecule has 4 nitrogen and oxygen atoms in total. The molecule has 2 aromatic heterocycles. The molecule has 0 spiro atoms. The Kier molecular flexibility index (Phi) is 3.07. The lowest BCUT2D eigenvalue weighted by Crippen LogP contribution is -2.00. The maximum atomic E-state index is 6.32. The largest absolute Gasteiger partial charge is 0.383 e. The molecule has 0 bridgehead atoms. The molecular formula is C14H12Cl2N4. The third-order valence-electron chi connectivity index (χ3n) is 3.49. The van der Waals surface area contributed by atoms with Crippen molar-refractivity contribution >= 4 is 40.1 Å². The number of nitrogens with zero attached hydrogens (tertiary/aromatic N) is 3. The number of nitrogens with two attached hydrogens (primary N) is 1. The number of aromatic nitrogens is 3. The highest BCUT2D eigenvalue weighted by Gasteiger charge is 2.18. The topological polar surface area (TPSA) is 56.7 Å². The number of nitrogen functional groups attached to an aromatic ring is 1. The highest BCUT2D eigenvalue weighted by atomic mass is 35.5. The molecular weight excluding hydrogens is 295 g/mol. The van der Waals surface area contributed by atoms with Gasteiger partial charge in [0.15, 0.2) is 5.65 Å². The van der Waals surface area contributed by atoms with Crippen molar-refractivity contribution in [2.24, 2.45) is 0 Å². The summed E-state index contributed by atoms with van der Waals surface area (Å²) < 4.78 is 1.96. The highest BCUT2D eigenvalue weighted by molar-refractivity contribution is 6.43. The Morgan fingerprint density at radius 3 is 2.65 bits per heavy atom. The number of hydrogen-bond acceptors (Lipinski definition) is 3. The van der Waals surface area contributed by atoms with E-state index in [1.807, 2.05) is 30.5 Å². The highest BCUT2D eigenvalue weighted by Crippen LogP contribution is 2.35. The molecule has 20 heavy (non-hydrogen) atoms. The van der Waals surface area contributed by atoms with Crippen molar-refractivity contribution < 1.29 is 0 Å². The molecule has 2 heterocycles. The number of hydrogen-bond donors (Lipinski definition) is 1. The van der Waals surface area contributed by atoms with E-state index in [9.17, 15) is 0 Å². The Morgan fingerprint density at radius 1 is 1.15 bits per heavy atom. The molecule has 0 fully saturated rings. The minimum absolute atomic E-state index is 0.465. The van der Waals surface area contributed by atoms with Crippen LogP contribution in [-0.2, 0) is 0 Å². The minimum atomic E-state index is 0.465. The van der Waals surface area contributed by atoms with E-state index in [-0.39, 0.29) is 0 Å². The van der Waals surface area contributed by atoms with Crippen LogP contribution in [0.3, 0.4) is 0 Å². The van der Waals surface area contributed by atoms with Crippen LogP contribution >= 0.6 is 23.2 Å². The van der Waals surface area contributed by atoms with E-state index in [0.717, 1.165) is 28.0 Å². The van der Waals surface area contributed by atoms with Gasteiger partial charge in [-0.3, -0.25) is 4.57 Å². The second-order valence-corrected chi connectivity index (χ2v) is 5.36. The first-order chi connectivity index (χ1) is 9.52. The van der Waals surface area contributed by atoms with Crippen LogP contribution in [0.5, 0.6) is 0 Å². The SMILES string of the molecule is Cc1c(C)n(-c2cccc(Cl)c2Cl)c2ncnc(N)c12. The molecule has 0 radical (unpaired) electrons. The molecule has 0 saturated carbocycles. The molecule has 0 aliphatic heterocycles. The van der Waals surface area contributed by atoms with Crippen LogP contribution in [0.2, 0.25) is 10.0 Å².